The van der Waals surface area contributed by atoms with Crippen LogP contribution >= 0.6 is 38.5 Å². The summed E-state index contributed by atoms with van der Waals surface area (Å²) < 4.78 is 7.58. The summed E-state index contributed by atoms with van der Waals surface area (Å²) in [6.07, 6.45) is 1.92. The van der Waals surface area contributed by atoms with E-state index in [0.717, 1.165) is 15.4 Å². The van der Waals surface area contributed by atoms with Crippen LogP contribution in [0.4, 0.5) is 0 Å². The maximum absolute atomic E-state index is 11.3. The van der Waals surface area contributed by atoms with Gasteiger partial charge in [-0.15, -0.1) is 0 Å². The van der Waals surface area contributed by atoms with E-state index in [0.29, 0.717) is 5.69 Å². The minimum Gasteiger partial charge on any atom is -0.464 e. The summed E-state index contributed by atoms with van der Waals surface area (Å²) >= 11 is 5.50. The van der Waals surface area contributed by atoms with E-state index in [-0.39, 0.29) is 5.97 Å². The van der Waals surface area contributed by atoms with Gasteiger partial charge in [0.05, 0.1) is 7.11 Å². The molecule has 0 saturated heterocycles. The number of nitrogens with zero attached hydrogens (tertiary/aromatic N) is 1. The van der Waals surface area contributed by atoms with Crippen LogP contribution in [0.5, 0.6) is 0 Å². The van der Waals surface area contributed by atoms with Crippen LogP contribution in [-0.2, 0) is 11.3 Å². The van der Waals surface area contributed by atoms with Crippen molar-refractivity contribution in [1.29, 1.82) is 0 Å². The zero-order valence-corrected chi connectivity index (χ0v) is 10.8. The van der Waals surface area contributed by atoms with E-state index in [9.17, 15) is 4.79 Å². The highest BCUT2D eigenvalue weighted by atomic mass is 127. The molecule has 1 rings (SSSR count). The average Bonchev–Trinajstić information content (AvgIpc) is 2.46. The molecule has 0 aliphatic carbocycles. The molecular formula is C8H9BrINO2. The van der Waals surface area contributed by atoms with E-state index >= 15 is 0 Å². The zero-order valence-electron chi connectivity index (χ0n) is 7.09. The maximum atomic E-state index is 11.3. The van der Waals surface area contributed by atoms with Gasteiger partial charge in [0.25, 0.3) is 0 Å². The molecule has 0 saturated carbocycles. The van der Waals surface area contributed by atoms with Crippen LogP contribution in [0.2, 0.25) is 0 Å². The second-order valence-electron chi connectivity index (χ2n) is 2.42. The molecule has 1 aromatic heterocycles. The lowest BCUT2D eigenvalue weighted by Gasteiger charge is -2.04. The third-order valence-electron chi connectivity index (χ3n) is 1.58. The van der Waals surface area contributed by atoms with Crippen molar-refractivity contribution in [2.75, 3.05) is 12.4 Å². The molecule has 0 aliphatic heterocycles. The van der Waals surface area contributed by atoms with Crippen LogP contribution in [0.3, 0.4) is 0 Å². The van der Waals surface area contributed by atoms with Crippen molar-refractivity contribution in [3.05, 3.63) is 21.5 Å². The molecule has 0 amide bonds. The number of ether oxygens (including phenoxy) is 1. The summed E-state index contributed by atoms with van der Waals surface area (Å²) in [7, 11) is 1.39. The first kappa shape index (κ1) is 11.0. The van der Waals surface area contributed by atoms with E-state index in [2.05, 4.69) is 43.3 Å². The largest absolute Gasteiger partial charge is 0.464 e. The highest BCUT2D eigenvalue weighted by Crippen LogP contribution is 2.12. The van der Waals surface area contributed by atoms with E-state index in [1.165, 1.54) is 7.11 Å². The molecule has 3 nitrogen and oxygen atoms in total. The van der Waals surface area contributed by atoms with Gasteiger partial charge in [0, 0.05) is 21.6 Å². The van der Waals surface area contributed by atoms with Crippen molar-refractivity contribution in [1.82, 2.24) is 4.57 Å². The Kier molecular flexibility index (Phi) is 4.24. The smallest absolute Gasteiger partial charge is 0.354 e. The first-order valence-corrected chi connectivity index (χ1v) is 5.89. The van der Waals surface area contributed by atoms with E-state index in [1.54, 1.807) is 0 Å². The molecule has 0 aliphatic rings. The average molecular weight is 358 g/mol. The van der Waals surface area contributed by atoms with Gasteiger partial charge in [0.1, 0.15) is 5.69 Å². The Hall–Kier alpha value is -0.0400. The Morgan fingerprint density at radius 2 is 2.46 bits per heavy atom. The number of carbonyl (C=O) groups is 1. The third kappa shape index (κ3) is 2.70. The summed E-state index contributed by atoms with van der Waals surface area (Å²) in [5, 5.41) is 0.821. The molecule has 1 heterocycles. The van der Waals surface area contributed by atoms with Gasteiger partial charge in [-0.1, -0.05) is 15.9 Å². The molecule has 0 fully saturated rings. The number of hydrogen-bond acceptors (Lipinski definition) is 2. The molecule has 13 heavy (non-hydrogen) atoms. The number of methoxy groups -OCH3 is 1. The van der Waals surface area contributed by atoms with E-state index < -0.39 is 0 Å². The van der Waals surface area contributed by atoms with E-state index in [4.69, 9.17) is 0 Å². The van der Waals surface area contributed by atoms with Gasteiger partial charge in [-0.05, 0) is 28.7 Å². The predicted molar refractivity (Wildman–Crippen MR) is 62.3 cm³/mol. The predicted octanol–water partition coefficient (Wildman–Crippen LogP) is 2.27. The van der Waals surface area contributed by atoms with Crippen LogP contribution < -0.4 is 0 Å². The molecule has 0 bridgehead atoms. The SMILES string of the molecule is COC(=O)c1cc(I)cn1CCBr. The first-order valence-electron chi connectivity index (χ1n) is 3.69. The van der Waals surface area contributed by atoms with Gasteiger partial charge in [-0.2, -0.15) is 0 Å². The van der Waals surface area contributed by atoms with Crippen molar-refractivity contribution in [2.24, 2.45) is 0 Å². The quantitative estimate of drug-likeness (QED) is 0.472. The number of hydrogen-bond donors (Lipinski definition) is 0. The maximum Gasteiger partial charge on any atom is 0.354 e. The van der Waals surface area contributed by atoms with Gasteiger partial charge in [0.2, 0.25) is 0 Å². The molecule has 0 radical (unpaired) electrons. The molecular weight excluding hydrogens is 349 g/mol. The fraction of sp³-hybridized carbons (Fsp3) is 0.375. The highest BCUT2D eigenvalue weighted by Gasteiger charge is 2.12. The molecule has 5 heteroatoms. The minimum absolute atomic E-state index is 0.288. The summed E-state index contributed by atoms with van der Waals surface area (Å²) in [6, 6.07) is 1.81. The van der Waals surface area contributed by atoms with Crippen LogP contribution in [0.15, 0.2) is 12.3 Å². The molecule has 72 valence electrons. The monoisotopic (exact) mass is 357 g/mol. The van der Waals surface area contributed by atoms with Gasteiger partial charge >= 0.3 is 5.97 Å². The molecule has 0 atom stereocenters. The second-order valence-corrected chi connectivity index (χ2v) is 4.46. The zero-order chi connectivity index (χ0) is 9.84. The van der Waals surface area contributed by atoms with Crippen molar-refractivity contribution in [2.45, 2.75) is 6.54 Å². The Morgan fingerprint density at radius 3 is 3.00 bits per heavy atom. The molecule has 1 aromatic rings. The number of carbonyl (C=O) groups excluding carboxylic acids is 1. The fourth-order valence-electron chi connectivity index (χ4n) is 1.03. The van der Waals surface area contributed by atoms with Gasteiger partial charge < -0.3 is 9.30 Å². The lowest BCUT2D eigenvalue weighted by molar-refractivity contribution is 0.0589. The van der Waals surface area contributed by atoms with Crippen molar-refractivity contribution < 1.29 is 9.53 Å². The summed E-state index contributed by atoms with van der Waals surface area (Å²) in [6.45, 7) is 0.771. The molecule has 0 aromatic carbocycles. The Morgan fingerprint density at radius 1 is 1.77 bits per heavy atom. The van der Waals surface area contributed by atoms with Crippen molar-refractivity contribution in [3.8, 4) is 0 Å². The number of aromatic nitrogens is 1. The van der Waals surface area contributed by atoms with Gasteiger partial charge in [-0.25, -0.2) is 4.79 Å². The molecule has 0 unspecified atom stereocenters. The topological polar surface area (TPSA) is 31.2 Å². The lowest BCUT2D eigenvalue weighted by atomic mass is 10.4. The molecule has 0 spiro atoms. The standard InChI is InChI=1S/C8H9BrINO2/c1-13-8(12)7-4-6(10)5-11(7)3-2-9/h4-5H,2-3H2,1H3. The number of alkyl halides is 1. The highest BCUT2D eigenvalue weighted by molar-refractivity contribution is 14.1. The summed E-state index contributed by atoms with van der Waals surface area (Å²) in [5.41, 5.74) is 0.603. The fourth-order valence-corrected chi connectivity index (χ4v) is 2.04. The van der Waals surface area contributed by atoms with Crippen LogP contribution in [0, 0.1) is 3.57 Å². The third-order valence-corrected chi connectivity index (χ3v) is 2.53. The van der Waals surface area contributed by atoms with Crippen LogP contribution in [-0.4, -0.2) is 23.0 Å². The lowest BCUT2D eigenvalue weighted by Crippen LogP contribution is -2.10. The van der Waals surface area contributed by atoms with Crippen molar-refractivity contribution >= 4 is 44.5 Å². The summed E-state index contributed by atoms with van der Waals surface area (Å²) in [4.78, 5) is 11.3. The Labute approximate surface area is 98.7 Å². The normalized spacial score (nSPS) is 10.1. The second kappa shape index (κ2) is 4.99. The number of esters is 1. The molecule has 0 N–H and O–H groups in total. The number of rotatable bonds is 3. The van der Waals surface area contributed by atoms with E-state index in [1.807, 2.05) is 16.8 Å². The first-order chi connectivity index (χ1) is 6.19. The Balaban J connectivity index is 2.96. The summed E-state index contributed by atoms with van der Waals surface area (Å²) in [5.74, 6) is -0.288. The van der Waals surface area contributed by atoms with Crippen molar-refractivity contribution in [3.63, 3.8) is 0 Å². The Bertz CT molecular complexity index is 311. The number of halogens is 2. The van der Waals surface area contributed by atoms with Crippen LogP contribution in [0.25, 0.3) is 0 Å². The minimum atomic E-state index is -0.288. The van der Waals surface area contributed by atoms with Gasteiger partial charge in [-0.3, -0.25) is 0 Å². The van der Waals surface area contributed by atoms with Crippen LogP contribution in [0.1, 0.15) is 10.5 Å². The van der Waals surface area contributed by atoms with Gasteiger partial charge in [0.15, 0.2) is 0 Å². The number of aryl methyl sites for hydroxylation is 1.